The Hall–Kier alpha value is -2.14. The first kappa shape index (κ1) is 12.9. The minimum absolute atomic E-state index is 0.0908. The topological polar surface area (TPSA) is 62.6 Å². The van der Waals surface area contributed by atoms with Gasteiger partial charge in [-0.3, -0.25) is 9.59 Å². The third-order valence-electron chi connectivity index (χ3n) is 3.61. The van der Waals surface area contributed by atoms with Gasteiger partial charge in [-0.05, 0) is 19.1 Å². The van der Waals surface area contributed by atoms with E-state index in [0.717, 1.165) is 13.1 Å². The lowest BCUT2D eigenvalue weighted by atomic mass is 10.2. The van der Waals surface area contributed by atoms with Crippen molar-refractivity contribution in [3.8, 4) is 0 Å². The van der Waals surface area contributed by atoms with Gasteiger partial charge in [-0.2, -0.15) is 0 Å². The average molecular weight is 272 g/mol. The van der Waals surface area contributed by atoms with Crippen LogP contribution in [0.3, 0.4) is 0 Å². The number of hydrogen-bond donors (Lipinski definition) is 1. The molecule has 0 saturated carbocycles. The molecule has 0 radical (unpaired) electrons. The van der Waals surface area contributed by atoms with Gasteiger partial charge in [0, 0.05) is 31.7 Å². The number of piperazine rings is 1. The van der Waals surface area contributed by atoms with E-state index in [4.69, 9.17) is 4.42 Å². The van der Waals surface area contributed by atoms with Crippen molar-refractivity contribution in [3.63, 3.8) is 0 Å². The number of hydrogen-bond acceptors (Lipinski definition) is 4. The minimum Gasteiger partial charge on any atom is -0.451 e. The number of benzene rings is 1. The molecule has 5 nitrogen and oxygen atoms in total. The van der Waals surface area contributed by atoms with E-state index in [1.807, 2.05) is 6.92 Å². The van der Waals surface area contributed by atoms with Crippen molar-refractivity contribution in [2.24, 2.45) is 0 Å². The highest BCUT2D eigenvalue weighted by Gasteiger charge is 2.26. The second-order valence-corrected chi connectivity index (χ2v) is 5.02. The second kappa shape index (κ2) is 5.09. The quantitative estimate of drug-likeness (QED) is 0.848. The van der Waals surface area contributed by atoms with Crippen LogP contribution in [-0.4, -0.2) is 36.5 Å². The number of carbonyl (C=O) groups is 1. The van der Waals surface area contributed by atoms with E-state index < -0.39 is 0 Å². The Morgan fingerprint density at radius 2 is 2.20 bits per heavy atom. The van der Waals surface area contributed by atoms with Crippen LogP contribution >= 0.6 is 0 Å². The summed E-state index contributed by atoms with van der Waals surface area (Å²) in [5.74, 6) is -0.107. The highest BCUT2D eigenvalue weighted by Crippen LogP contribution is 2.15. The first-order chi connectivity index (χ1) is 9.66. The first-order valence-electron chi connectivity index (χ1n) is 6.71. The van der Waals surface area contributed by atoms with Crippen LogP contribution in [0, 0.1) is 0 Å². The van der Waals surface area contributed by atoms with Crippen LogP contribution < -0.4 is 10.7 Å². The Kier molecular flexibility index (Phi) is 3.28. The molecule has 1 aliphatic rings. The molecular formula is C15H16N2O3. The van der Waals surface area contributed by atoms with Crippen LogP contribution in [0.25, 0.3) is 11.0 Å². The molecule has 2 heterocycles. The Bertz CT molecular complexity index is 708. The lowest BCUT2D eigenvalue weighted by molar-refractivity contribution is 0.0623. The highest BCUT2D eigenvalue weighted by molar-refractivity contribution is 5.93. The van der Waals surface area contributed by atoms with E-state index >= 15 is 0 Å². The van der Waals surface area contributed by atoms with Gasteiger partial charge in [0.15, 0.2) is 11.2 Å². The molecule has 1 N–H and O–H groups in total. The largest absolute Gasteiger partial charge is 0.451 e. The summed E-state index contributed by atoms with van der Waals surface area (Å²) in [6, 6.07) is 8.34. The maximum Gasteiger partial charge on any atom is 0.290 e. The van der Waals surface area contributed by atoms with Gasteiger partial charge in [0.25, 0.3) is 5.91 Å². The Morgan fingerprint density at radius 3 is 3.00 bits per heavy atom. The molecule has 1 fully saturated rings. The van der Waals surface area contributed by atoms with Crippen LogP contribution in [0.4, 0.5) is 0 Å². The molecule has 20 heavy (non-hydrogen) atoms. The number of rotatable bonds is 1. The van der Waals surface area contributed by atoms with Crippen molar-refractivity contribution in [2.45, 2.75) is 13.0 Å². The van der Waals surface area contributed by atoms with E-state index in [0.29, 0.717) is 17.5 Å². The SMILES string of the molecule is C[C@H]1CNCCN1C(=O)c1cc(=O)c2ccccc2o1. The average Bonchev–Trinajstić information content (AvgIpc) is 2.47. The third kappa shape index (κ3) is 2.20. The van der Waals surface area contributed by atoms with E-state index in [1.165, 1.54) is 6.07 Å². The van der Waals surface area contributed by atoms with Crippen LogP contribution in [0.5, 0.6) is 0 Å². The maximum atomic E-state index is 12.5. The van der Waals surface area contributed by atoms with Crippen LogP contribution in [-0.2, 0) is 0 Å². The van der Waals surface area contributed by atoms with Crippen molar-refractivity contribution < 1.29 is 9.21 Å². The predicted octanol–water partition coefficient (Wildman–Crippen LogP) is 1.23. The van der Waals surface area contributed by atoms with Crippen molar-refractivity contribution >= 4 is 16.9 Å². The van der Waals surface area contributed by atoms with Gasteiger partial charge >= 0.3 is 0 Å². The summed E-state index contributed by atoms with van der Waals surface area (Å²) in [5, 5.41) is 3.72. The number of carbonyl (C=O) groups excluding carboxylic acids is 1. The normalized spacial score (nSPS) is 19.2. The number of fused-ring (bicyclic) bond motifs is 1. The van der Waals surface area contributed by atoms with Crippen molar-refractivity contribution in [3.05, 3.63) is 46.3 Å². The standard InChI is InChI=1S/C15H16N2O3/c1-10-9-16-6-7-17(10)15(19)14-8-12(18)11-4-2-3-5-13(11)20-14/h2-5,8,10,16H,6-7,9H2,1H3/t10-/m0/s1. The number of nitrogens with zero attached hydrogens (tertiary/aromatic N) is 1. The zero-order valence-corrected chi connectivity index (χ0v) is 11.3. The summed E-state index contributed by atoms with van der Waals surface area (Å²) in [7, 11) is 0. The molecule has 1 aromatic carbocycles. The van der Waals surface area contributed by atoms with E-state index in [1.54, 1.807) is 29.2 Å². The summed E-state index contributed by atoms with van der Waals surface area (Å²) < 4.78 is 5.59. The molecule has 0 bridgehead atoms. The summed E-state index contributed by atoms with van der Waals surface area (Å²) in [4.78, 5) is 26.2. The Balaban J connectivity index is 2.01. The van der Waals surface area contributed by atoms with Crippen molar-refractivity contribution in [1.29, 1.82) is 0 Å². The molecule has 104 valence electrons. The first-order valence-corrected chi connectivity index (χ1v) is 6.71. The monoisotopic (exact) mass is 272 g/mol. The molecule has 5 heteroatoms. The lowest BCUT2D eigenvalue weighted by Gasteiger charge is -2.33. The molecule has 1 aliphatic heterocycles. The summed E-state index contributed by atoms with van der Waals surface area (Å²) in [6.07, 6.45) is 0. The van der Waals surface area contributed by atoms with E-state index in [2.05, 4.69) is 5.32 Å². The van der Waals surface area contributed by atoms with Gasteiger partial charge in [0.2, 0.25) is 0 Å². The van der Waals surface area contributed by atoms with Gasteiger partial charge in [-0.15, -0.1) is 0 Å². The molecule has 1 atom stereocenters. The summed E-state index contributed by atoms with van der Waals surface area (Å²) >= 11 is 0. The molecular weight excluding hydrogens is 256 g/mol. The molecule has 1 saturated heterocycles. The Morgan fingerprint density at radius 1 is 1.40 bits per heavy atom. The van der Waals surface area contributed by atoms with Crippen molar-refractivity contribution in [2.75, 3.05) is 19.6 Å². The van der Waals surface area contributed by atoms with Crippen LogP contribution in [0.15, 0.2) is 39.5 Å². The molecule has 0 spiro atoms. The molecule has 3 rings (SSSR count). The highest BCUT2D eigenvalue weighted by atomic mass is 16.3. The van der Waals surface area contributed by atoms with Gasteiger partial charge in [0.1, 0.15) is 5.58 Å². The van der Waals surface area contributed by atoms with Crippen LogP contribution in [0.1, 0.15) is 17.5 Å². The van der Waals surface area contributed by atoms with Crippen LogP contribution in [0.2, 0.25) is 0 Å². The zero-order chi connectivity index (χ0) is 14.1. The van der Waals surface area contributed by atoms with Gasteiger partial charge < -0.3 is 14.6 Å². The van der Waals surface area contributed by atoms with Crippen molar-refractivity contribution in [1.82, 2.24) is 10.2 Å². The van der Waals surface area contributed by atoms with E-state index in [-0.39, 0.29) is 23.1 Å². The minimum atomic E-state index is -0.221. The zero-order valence-electron chi connectivity index (χ0n) is 11.3. The molecule has 1 aromatic heterocycles. The predicted molar refractivity (Wildman–Crippen MR) is 75.9 cm³/mol. The maximum absolute atomic E-state index is 12.5. The summed E-state index contributed by atoms with van der Waals surface area (Å²) in [6.45, 7) is 4.11. The van der Waals surface area contributed by atoms with Gasteiger partial charge in [-0.1, -0.05) is 12.1 Å². The lowest BCUT2D eigenvalue weighted by Crippen LogP contribution is -2.52. The van der Waals surface area contributed by atoms with Gasteiger partial charge in [-0.25, -0.2) is 0 Å². The number of para-hydroxylation sites is 1. The number of amides is 1. The fourth-order valence-electron chi connectivity index (χ4n) is 2.49. The van der Waals surface area contributed by atoms with Gasteiger partial charge in [0.05, 0.1) is 5.39 Å². The fourth-order valence-corrected chi connectivity index (χ4v) is 2.49. The fraction of sp³-hybridized carbons (Fsp3) is 0.333. The molecule has 2 aromatic rings. The summed E-state index contributed by atoms with van der Waals surface area (Å²) in [5.41, 5.74) is 0.268. The molecule has 0 aliphatic carbocycles. The number of nitrogens with one attached hydrogen (secondary N) is 1. The molecule has 0 unspecified atom stereocenters. The molecule has 1 amide bonds. The Labute approximate surface area is 116 Å². The smallest absolute Gasteiger partial charge is 0.290 e. The third-order valence-corrected chi connectivity index (χ3v) is 3.61. The second-order valence-electron chi connectivity index (χ2n) is 5.02. The van der Waals surface area contributed by atoms with E-state index in [9.17, 15) is 9.59 Å².